The molecule has 0 atom stereocenters. The Labute approximate surface area is 421 Å². The Hall–Kier alpha value is -9.57. The van der Waals surface area contributed by atoms with E-state index in [9.17, 15) is 0 Å². The van der Waals surface area contributed by atoms with Crippen LogP contribution in [0.1, 0.15) is 0 Å². The second kappa shape index (κ2) is 19.8. The molecule has 0 N–H and O–H groups in total. The minimum Gasteiger partial charge on any atom is -0.246 e. The van der Waals surface area contributed by atoms with E-state index in [0.29, 0.717) is 5.82 Å². The molecular formula is C69H47N3. The summed E-state index contributed by atoms with van der Waals surface area (Å²) in [4.78, 5) is 16.4. The van der Waals surface area contributed by atoms with Gasteiger partial charge in [-0.25, -0.2) is 15.0 Å². The van der Waals surface area contributed by atoms with Crippen molar-refractivity contribution in [3.8, 4) is 123 Å². The van der Waals surface area contributed by atoms with Crippen molar-refractivity contribution in [1.29, 1.82) is 0 Å². The molecule has 0 unspecified atom stereocenters. The minimum absolute atomic E-state index is 0.655. The van der Waals surface area contributed by atoms with Gasteiger partial charge in [-0.1, -0.05) is 255 Å². The maximum Gasteiger partial charge on any atom is 0.160 e. The van der Waals surface area contributed by atoms with Crippen LogP contribution in [0, 0.1) is 0 Å². The topological polar surface area (TPSA) is 38.7 Å². The summed E-state index contributed by atoms with van der Waals surface area (Å²) < 4.78 is 0. The summed E-state index contributed by atoms with van der Waals surface area (Å²) >= 11 is 0. The van der Waals surface area contributed by atoms with Crippen molar-refractivity contribution in [1.82, 2.24) is 15.0 Å². The van der Waals surface area contributed by atoms with Gasteiger partial charge in [0.15, 0.2) is 5.82 Å². The molecule has 0 radical (unpaired) electrons. The molecule has 0 aliphatic carbocycles. The first-order valence-corrected chi connectivity index (χ1v) is 24.4. The van der Waals surface area contributed by atoms with Gasteiger partial charge in [0.1, 0.15) is 0 Å². The zero-order chi connectivity index (χ0) is 48.1. The van der Waals surface area contributed by atoms with Crippen molar-refractivity contribution in [3.05, 3.63) is 285 Å². The Balaban J connectivity index is 1.04. The van der Waals surface area contributed by atoms with E-state index in [1.165, 1.54) is 0 Å². The maximum absolute atomic E-state index is 5.66. The van der Waals surface area contributed by atoms with E-state index in [4.69, 9.17) is 15.0 Å². The Morgan fingerprint density at radius 1 is 0.167 bits per heavy atom. The zero-order valence-electron chi connectivity index (χ0n) is 39.5. The quantitative estimate of drug-likeness (QED) is 0.130. The highest BCUT2D eigenvalue weighted by molar-refractivity contribution is 6.05. The van der Waals surface area contributed by atoms with E-state index in [-0.39, 0.29) is 0 Å². The standard InChI is InChI=1S/C69H47N3/c1-7-23-48(24-8-1)54-35-19-39-58(43-54)62-47-63(59-40-20-36-55(44-59)49-25-9-2-10-26-49)71-69(70-62)61-42-22-38-57(46-61)56-37-21-41-60(45-56)64-65(50-27-11-3-12-28-50)67(52-31-15-5-16-32-52)72-68(53-33-17-6-18-34-53)66(64)51-29-13-4-14-30-51/h1-47H. The molecule has 0 bridgehead atoms. The van der Waals surface area contributed by atoms with Crippen LogP contribution in [0.5, 0.6) is 0 Å². The molecule has 0 saturated heterocycles. The first-order valence-electron chi connectivity index (χ1n) is 24.4. The molecule has 0 spiro atoms. The maximum atomic E-state index is 5.66. The number of rotatable bonds is 11. The average Bonchev–Trinajstić information content (AvgIpc) is 3.48. The van der Waals surface area contributed by atoms with Crippen molar-refractivity contribution in [2.45, 2.75) is 0 Å². The number of hydrogen-bond donors (Lipinski definition) is 0. The van der Waals surface area contributed by atoms with Gasteiger partial charge in [0, 0.05) is 44.5 Å². The van der Waals surface area contributed by atoms with E-state index >= 15 is 0 Å². The molecular weight excluding hydrogens is 871 g/mol. The Kier molecular flexibility index (Phi) is 12.0. The Bertz CT molecular complexity index is 3620. The van der Waals surface area contributed by atoms with Crippen LogP contribution in [0.15, 0.2) is 285 Å². The molecule has 12 aromatic rings. The summed E-state index contributed by atoms with van der Waals surface area (Å²) in [6, 6.07) is 101. The summed E-state index contributed by atoms with van der Waals surface area (Å²) in [6.07, 6.45) is 0. The smallest absolute Gasteiger partial charge is 0.160 e. The summed E-state index contributed by atoms with van der Waals surface area (Å²) in [6.45, 7) is 0. The number of pyridine rings is 1. The Morgan fingerprint density at radius 2 is 0.444 bits per heavy atom. The molecule has 3 heteroatoms. The molecule has 10 aromatic carbocycles. The largest absolute Gasteiger partial charge is 0.246 e. The summed E-state index contributed by atoms with van der Waals surface area (Å²) in [7, 11) is 0. The number of nitrogens with zero attached hydrogens (tertiary/aromatic N) is 3. The summed E-state index contributed by atoms with van der Waals surface area (Å²) in [5, 5.41) is 0. The van der Waals surface area contributed by atoms with E-state index in [2.05, 4.69) is 285 Å². The predicted octanol–water partition coefficient (Wildman–Crippen LogP) is 18.2. The molecule has 2 heterocycles. The Morgan fingerprint density at radius 3 is 0.847 bits per heavy atom. The monoisotopic (exact) mass is 917 g/mol. The molecule has 72 heavy (non-hydrogen) atoms. The van der Waals surface area contributed by atoms with Crippen molar-refractivity contribution < 1.29 is 0 Å². The van der Waals surface area contributed by atoms with Gasteiger partial charge >= 0.3 is 0 Å². The SMILES string of the molecule is c1ccc(-c2cccc(-c3cc(-c4cccc(-c5ccccc5)c4)nc(-c4cccc(-c5cccc(-c6c(-c7ccccc7)c(-c7ccccc7)nc(-c7ccccc7)c6-c6ccccc6)c5)c4)n3)c2)cc1. The molecule has 338 valence electrons. The van der Waals surface area contributed by atoms with Crippen molar-refractivity contribution in [2.24, 2.45) is 0 Å². The highest BCUT2D eigenvalue weighted by Gasteiger charge is 2.25. The fourth-order valence-corrected chi connectivity index (χ4v) is 9.80. The fourth-order valence-electron chi connectivity index (χ4n) is 9.80. The van der Waals surface area contributed by atoms with Crippen LogP contribution in [0.4, 0.5) is 0 Å². The van der Waals surface area contributed by atoms with Gasteiger partial charge in [0.2, 0.25) is 0 Å². The fraction of sp³-hybridized carbons (Fsp3) is 0. The highest BCUT2D eigenvalue weighted by Crippen LogP contribution is 2.49. The van der Waals surface area contributed by atoms with Crippen molar-refractivity contribution in [3.63, 3.8) is 0 Å². The lowest BCUT2D eigenvalue weighted by Gasteiger charge is -2.23. The molecule has 2 aromatic heterocycles. The molecule has 0 amide bonds. The van der Waals surface area contributed by atoms with Gasteiger partial charge in [-0.3, -0.25) is 0 Å². The minimum atomic E-state index is 0.655. The second-order valence-corrected chi connectivity index (χ2v) is 17.9. The first kappa shape index (κ1) is 43.7. The lowest BCUT2D eigenvalue weighted by molar-refractivity contribution is 1.18. The number of benzene rings is 10. The summed E-state index contributed by atoms with van der Waals surface area (Å²) in [5.74, 6) is 0.655. The predicted molar refractivity (Wildman–Crippen MR) is 300 cm³/mol. The van der Waals surface area contributed by atoms with E-state index < -0.39 is 0 Å². The molecule has 12 rings (SSSR count). The molecule has 0 aliphatic heterocycles. The lowest BCUT2D eigenvalue weighted by atomic mass is 9.82. The van der Waals surface area contributed by atoms with Crippen molar-refractivity contribution >= 4 is 0 Å². The van der Waals surface area contributed by atoms with Crippen LogP contribution in [0.2, 0.25) is 0 Å². The first-order chi connectivity index (χ1) is 35.7. The van der Waals surface area contributed by atoms with E-state index in [1.807, 2.05) is 0 Å². The van der Waals surface area contributed by atoms with Gasteiger partial charge in [-0.05, 0) is 80.4 Å². The third-order valence-corrected chi connectivity index (χ3v) is 13.3. The van der Waals surface area contributed by atoms with Crippen LogP contribution >= 0.6 is 0 Å². The van der Waals surface area contributed by atoms with Crippen molar-refractivity contribution in [2.75, 3.05) is 0 Å². The third-order valence-electron chi connectivity index (χ3n) is 13.3. The normalized spacial score (nSPS) is 11.1. The zero-order valence-corrected chi connectivity index (χ0v) is 39.5. The number of hydrogen-bond acceptors (Lipinski definition) is 3. The molecule has 3 nitrogen and oxygen atoms in total. The van der Waals surface area contributed by atoms with Gasteiger partial charge in [-0.15, -0.1) is 0 Å². The van der Waals surface area contributed by atoms with Gasteiger partial charge in [0.05, 0.1) is 22.8 Å². The molecule has 0 saturated carbocycles. The van der Waals surface area contributed by atoms with E-state index in [1.54, 1.807) is 0 Å². The van der Waals surface area contributed by atoms with Crippen LogP contribution < -0.4 is 0 Å². The van der Waals surface area contributed by atoms with E-state index in [0.717, 1.165) is 117 Å². The average molecular weight is 918 g/mol. The van der Waals surface area contributed by atoms with Gasteiger partial charge in [0.25, 0.3) is 0 Å². The van der Waals surface area contributed by atoms with Crippen LogP contribution in [0.25, 0.3) is 123 Å². The molecule has 0 fully saturated rings. The second-order valence-electron chi connectivity index (χ2n) is 17.9. The third kappa shape index (κ3) is 8.95. The molecule has 0 aliphatic rings. The highest BCUT2D eigenvalue weighted by atomic mass is 14.9. The van der Waals surface area contributed by atoms with Gasteiger partial charge in [-0.2, -0.15) is 0 Å². The van der Waals surface area contributed by atoms with Crippen LogP contribution in [0.3, 0.4) is 0 Å². The van der Waals surface area contributed by atoms with Crippen LogP contribution in [-0.4, -0.2) is 15.0 Å². The summed E-state index contributed by atoms with van der Waals surface area (Å²) in [5.41, 5.74) is 21.9. The number of aromatic nitrogens is 3. The lowest BCUT2D eigenvalue weighted by Crippen LogP contribution is -2.01. The van der Waals surface area contributed by atoms with Crippen LogP contribution in [-0.2, 0) is 0 Å². The van der Waals surface area contributed by atoms with Gasteiger partial charge < -0.3 is 0 Å².